The van der Waals surface area contributed by atoms with Crippen LogP contribution in [0.5, 0.6) is 11.5 Å². The molecular weight excluding hydrogens is 216 g/mol. The number of ether oxygens (including phenoxy) is 2. The highest BCUT2D eigenvalue weighted by Crippen LogP contribution is 2.36. The second-order valence-corrected chi connectivity index (χ2v) is 5.06. The van der Waals surface area contributed by atoms with Gasteiger partial charge in [0.05, 0.1) is 19.8 Å². The summed E-state index contributed by atoms with van der Waals surface area (Å²) in [5, 5.41) is 0. The summed E-state index contributed by atoms with van der Waals surface area (Å²) in [6.07, 6.45) is 0. The molecule has 0 aliphatic carbocycles. The molecule has 0 heterocycles. The first-order chi connectivity index (χ1) is 7.81. The zero-order chi connectivity index (χ0) is 13.2. The zero-order valence-electron chi connectivity index (χ0n) is 11.4. The molecule has 0 unspecified atom stereocenters. The van der Waals surface area contributed by atoms with E-state index in [0.717, 1.165) is 5.56 Å². The van der Waals surface area contributed by atoms with Gasteiger partial charge in [0.15, 0.2) is 5.78 Å². The van der Waals surface area contributed by atoms with Crippen molar-refractivity contribution in [1.82, 2.24) is 0 Å². The van der Waals surface area contributed by atoms with Crippen molar-refractivity contribution < 1.29 is 14.3 Å². The number of hydrogen-bond donors (Lipinski definition) is 0. The summed E-state index contributed by atoms with van der Waals surface area (Å²) in [6, 6.07) is 3.64. The van der Waals surface area contributed by atoms with E-state index in [1.165, 1.54) is 0 Å². The minimum absolute atomic E-state index is 0.00873. The predicted octanol–water partition coefficient (Wildman–Crippen LogP) is 3.20. The number of carbonyl (C=O) groups excluding carboxylic acids is 1. The molecule has 17 heavy (non-hydrogen) atoms. The fourth-order valence-corrected chi connectivity index (χ4v) is 1.82. The molecular formula is C14H20O3. The van der Waals surface area contributed by atoms with Crippen LogP contribution in [0.2, 0.25) is 0 Å². The number of benzene rings is 1. The number of methoxy groups -OCH3 is 2. The van der Waals surface area contributed by atoms with Crippen molar-refractivity contribution in [3.63, 3.8) is 0 Å². The van der Waals surface area contributed by atoms with E-state index in [2.05, 4.69) is 20.8 Å². The summed E-state index contributed by atoms with van der Waals surface area (Å²) < 4.78 is 10.5. The van der Waals surface area contributed by atoms with E-state index in [1.54, 1.807) is 27.2 Å². The van der Waals surface area contributed by atoms with Gasteiger partial charge in [0.2, 0.25) is 0 Å². The Labute approximate surface area is 103 Å². The van der Waals surface area contributed by atoms with Crippen LogP contribution in [0.1, 0.15) is 43.6 Å². The van der Waals surface area contributed by atoms with E-state index in [-0.39, 0.29) is 11.2 Å². The Hall–Kier alpha value is -1.51. The lowest BCUT2D eigenvalue weighted by Gasteiger charge is -2.24. The van der Waals surface area contributed by atoms with Crippen molar-refractivity contribution in [1.29, 1.82) is 0 Å². The van der Waals surface area contributed by atoms with Gasteiger partial charge in [0, 0.05) is 6.07 Å². The summed E-state index contributed by atoms with van der Waals surface area (Å²) in [6.45, 7) is 7.74. The third-order valence-electron chi connectivity index (χ3n) is 2.69. The summed E-state index contributed by atoms with van der Waals surface area (Å²) in [7, 11) is 3.17. The van der Waals surface area contributed by atoms with Crippen LogP contribution in [0.3, 0.4) is 0 Å². The van der Waals surface area contributed by atoms with E-state index < -0.39 is 0 Å². The zero-order valence-corrected chi connectivity index (χ0v) is 11.4. The van der Waals surface area contributed by atoms with Gasteiger partial charge >= 0.3 is 0 Å². The molecule has 0 bridgehead atoms. The van der Waals surface area contributed by atoms with Crippen molar-refractivity contribution in [3.05, 3.63) is 23.3 Å². The number of ketones is 1. The lowest BCUT2D eigenvalue weighted by molar-refractivity contribution is 0.101. The Morgan fingerprint density at radius 1 is 1.12 bits per heavy atom. The van der Waals surface area contributed by atoms with Gasteiger partial charge in [-0.15, -0.1) is 0 Å². The monoisotopic (exact) mass is 236 g/mol. The quantitative estimate of drug-likeness (QED) is 0.756. The van der Waals surface area contributed by atoms with Crippen LogP contribution < -0.4 is 9.47 Å². The van der Waals surface area contributed by atoms with Crippen LogP contribution in [0.4, 0.5) is 0 Å². The second kappa shape index (κ2) is 4.78. The van der Waals surface area contributed by atoms with Crippen LogP contribution in [-0.2, 0) is 5.41 Å². The summed E-state index contributed by atoms with van der Waals surface area (Å²) in [5.74, 6) is 1.29. The molecule has 94 valence electrons. The Kier molecular flexibility index (Phi) is 3.81. The minimum Gasteiger partial charge on any atom is -0.497 e. The Morgan fingerprint density at radius 3 is 2.06 bits per heavy atom. The molecule has 1 aromatic rings. The molecule has 0 aliphatic rings. The van der Waals surface area contributed by atoms with Gasteiger partial charge in [0.25, 0.3) is 0 Å². The van der Waals surface area contributed by atoms with Gasteiger partial charge < -0.3 is 9.47 Å². The first-order valence-corrected chi connectivity index (χ1v) is 5.58. The van der Waals surface area contributed by atoms with Gasteiger partial charge in [0.1, 0.15) is 11.5 Å². The van der Waals surface area contributed by atoms with Crippen LogP contribution in [-0.4, -0.2) is 20.0 Å². The highest BCUT2D eigenvalue weighted by atomic mass is 16.5. The summed E-state index contributed by atoms with van der Waals surface area (Å²) >= 11 is 0. The van der Waals surface area contributed by atoms with Crippen LogP contribution in [0, 0.1) is 0 Å². The third kappa shape index (κ3) is 2.78. The lowest BCUT2D eigenvalue weighted by Crippen LogP contribution is -2.17. The lowest BCUT2D eigenvalue weighted by atomic mass is 9.82. The normalized spacial score (nSPS) is 11.2. The van der Waals surface area contributed by atoms with Crippen molar-refractivity contribution >= 4 is 5.78 Å². The first-order valence-electron chi connectivity index (χ1n) is 5.58. The van der Waals surface area contributed by atoms with Gasteiger partial charge in [-0.3, -0.25) is 4.79 Å². The number of hydrogen-bond acceptors (Lipinski definition) is 3. The molecule has 0 N–H and O–H groups in total. The molecule has 0 fully saturated rings. The highest BCUT2D eigenvalue weighted by Gasteiger charge is 2.24. The van der Waals surface area contributed by atoms with Gasteiger partial charge in [-0.1, -0.05) is 20.8 Å². The SMILES string of the molecule is COc1cc(OC)c(C(C)=O)c(C(C)(C)C)c1. The van der Waals surface area contributed by atoms with Crippen LogP contribution in [0.15, 0.2) is 12.1 Å². The molecule has 0 aliphatic heterocycles. The molecule has 1 rings (SSSR count). The summed E-state index contributed by atoms with van der Waals surface area (Å²) in [5.41, 5.74) is 1.45. The van der Waals surface area contributed by atoms with E-state index in [4.69, 9.17) is 9.47 Å². The Bertz CT molecular complexity index is 428. The topological polar surface area (TPSA) is 35.5 Å². The molecule has 0 aromatic heterocycles. The van der Waals surface area contributed by atoms with E-state index in [1.807, 2.05) is 6.07 Å². The molecule has 0 saturated carbocycles. The number of carbonyl (C=O) groups is 1. The molecule has 0 radical (unpaired) electrons. The van der Waals surface area contributed by atoms with Crippen molar-refractivity contribution in [2.24, 2.45) is 0 Å². The van der Waals surface area contributed by atoms with Crippen molar-refractivity contribution in [2.45, 2.75) is 33.1 Å². The number of Topliss-reactive ketones (excluding diaryl/α,β-unsaturated/α-hetero) is 1. The minimum atomic E-state index is -0.136. The van der Waals surface area contributed by atoms with Gasteiger partial charge in [-0.2, -0.15) is 0 Å². The Balaban J connectivity index is 3.58. The average Bonchev–Trinajstić information content (AvgIpc) is 2.25. The highest BCUT2D eigenvalue weighted by molar-refractivity contribution is 5.99. The third-order valence-corrected chi connectivity index (χ3v) is 2.69. The maximum atomic E-state index is 11.8. The molecule has 0 atom stereocenters. The molecule has 0 saturated heterocycles. The van der Waals surface area contributed by atoms with Gasteiger partial charge in [-0.25, -0.2) is 0 Å². The number of rotatable bonds is 3. The Morgan fingerprint density at radius 2 is 1.71 bits per heavy atom. The fraction of sp³-hybridized carbons (Fsp3) is 0.500. The van der Waals surface area contributed by atoms with Crippen molar-refractivity contribution in [3.8, 4) is 11.5 Å². The molecule has 1 aromatic carbocycles. The van der Waals surface area contributed by atoms with E-state index >= 15 is 0 Å². The largest absolute Gasteiger partial charge is 0.497 e. The second-order valence-electron chi connectivity index (χ2n) is 5.06. The van der Waals surface area contributed by atoms with Crippen molar-refractivity contribution in [2.75, 3.05) is 14.2 Å². The molecule has 0 amide bonds. The fourth-order valence-electron chi connectivity index (χ4n) is 1.82. The van der Waals surface area contributed by atoms with E-state index in [0.29, 0.717) is 17.1 Å². The van der Waals surface area contributed by atoms with Crippen LogP contribution >= 0.6 is 0 Å². The molecule has 3 nitrogen and oxygen atoms in total. The molecule has 0 spiro atoms. The van der Waals surface area contributed by atoms with Gasteiger partial charge in [-0.05, 0) is 24.0 Å². The maximum Gasteiger partial charge on any atom is 0.163 e. The first kappa shape index (κ1) is 13.6. The predicted molar refractivity (Wildman–Crippen MR) is 68.3 cm³/mol. The smallest absolute Gasteiger partial charge is 0.163 e. The summed E-state index contributed by atoms with van der Waals surface area (Å²) in [4.78, 5) is 11.8. The van der Waals surface area contributed by atoms with Crippen LogP contribution in [0.25, 0.3) is 0 Å². The standard InChI is InChI=1S/C14H20O3/c1-9(15)13-11(14(2,3)4)7-10(16-5)8-12(13)17-6/h7-8H,1-6H3. The maximum absolute atomic E-state index is 11.8. The average molecular weight is 236 g/mol. The molecule has 3 heteroatoms. The van der Waals surface area contributed by atoms with E-state index in [9.17, 15) is 4.79 Å².